The van der Waals surface area contributed by atoms with Gasteiger partial charge in [-0.1, -0.05) is 57.4 Å². The highest BCUT2D eigenvalue weighted by molar-refractivity contribution is 6.19. The molecule has 0 bridgehead atoms. The van der Waals surface area contributed by atoms with E-state index in [0.29, 0.717) is 11.8 Å². The Morgan fingerprint density at radius 3 is 2.42 bits per heavy atom. The van der Waals surface area contributed by atoms with Crippen LogP contribution in [0.1, 0.15) is 45.6 Å². The molecule has 0 aromatic heterocycles. The van der Waals surface area contributed by atoms with E-state index in [1.807, 2.05) is 12.1 Å². The van der Waals surface area contributed by atoms with Crippen molar-refractivity contribution in [2.75, 3.05) is 12.5 Å². The van der Waals surface area contributed by atoms with E-state index in [0.717, 1.165) is 18.8 Å². The first-order valence-electron chi connectivity index (χ1n) is 7.16. The number of hydrogen-bond acceptors (Lipinski definition) is 1. The summed E-state index contributed by atoms with van der Waals surface area (Å²) in [6.07, 6.45) is 5.75. The van der Waals surface area contributed by atoms with Gasteiger partial charge in [0.1, 0.15) is 5.75 Å². The van der Waals surface area contributed by atoms with E-state index >= 15 is 0 Å². The molecule has 0 radical (unpaired) electrons. The van der Waals surface area contributed by atoms with Gasteiger partial charge in [0.25, 0.3) is 0 Å². The first-order valence-corrected chi connectivity index (χ1v) is 7.70. The summed E-state index contributed by atoms with van der Waals surface area (Å²) in [5.74, 6) is 2.03. The number of alkyl halides is 1. The summed E-state index contributed by atoms with van der Waals surface area (Å²) in [7, 11) is 0. The smallest absolute Gasteiger partial charge is 0.119 e. The van der Waals surface area contributed by atoms with Gasteiger partial charge in [-0.3, -0.25) is 0 Å². The van der Waals surface area contributed by atoms with Gasteiger partial charge in [0.15, 0.2) is 0 Å². The quantitative estimate of drug-likeness (QED) is 0.449. The van der Waals surface area contributed by atoms with E-state index in [1.165, 1.54) is 24.0 Å². The predicted octanol–water partition coefficient (Wildman–Crippen LogP) is 5.53. The Kier molecular flexibility index (Phi) is 7.66. The van der Waals surface area contributed by atoms with Crippen molar-refractivity contribution in [2.45, 2.75) is 40.0 Å². The zero-order valence-corrected chi connectivity index (χ0v) is 13.0. The average molecular weight is 281 g/mol. The molecule has 0 saturated heterocycles. The number of allylic oxidation sites excluding steroid dienone is 1. The Morgan fingerprint density at radius 2 is 1.89 bits per heavy atom. The van der Waals surface area contributed by atoms with Crippen molar-refractivity contribution in [3.05, 3.63) is 35.4 Å². The molecule has 0 saturated carbocycles. The van der Waals surface area contributed by atoms with Crippen molar-refractivity contribution in [3.8, 4) is 5.75 Å². The molecule has 0 atom stereocenters. The van der Waals surface area contributed by atoms with Gasteiger partial charge in [-0.2, -0.15) is 0 Å². The first kappa shape index (κ1) is 16.1. The summed E-state index contributed by atoms with van der Waals surface area (Å²) in [4.78, 5) is 0. The minimum absolute atomic E-state index is 0.488. The zero-order chi connectivity index (χ0) is 14.1. The van der Waals surface area contributed by atoms with Crippen LogP contribution in [0.4, 0.5) is 0 Å². The largest absolute Gasteiger partial charge is 0.494 e. The Balaban J connectivity index is 2.56. The Labute approximate surface area is 122 Å². The van der Waals surface area contributed by atoms with Gasteiger partial charge in [0.05, 0.1) is 6.61 Å². The molecule has 0 unspecified atom stereocenters. The van der Waals surface area contributed by atoms with Gasteiger partial charge in [-0.25, -0.2) is 0 Å². The van der Waals surface area contributed by atoms with Crippen LogP contribution in [-0.2, 0) is 0 Å². The molecule has 0 aliphatic heterocycles. The fourth-order valence-electron chi connectivity index (χ4n) is 1.78. The molecule has 0 N–H and O–H groups in total. The number of unbranched alkanes of at least 4 members (excludes halogenated alkanes) is 2. The van der Waals surface area contributed by atoms with E-state index < -0.39 is 0 Å². The summed E-state index contributed by atoms with van der Waals surface area (Å²) in [6.45, 7) is 7.34. The second-order valence-electron chi connectivity index (χ2n) is 5.13. The molecular formula is C17H25ClO. The number of halogens is 1. The fraction of sp³-hybridized carbons (Fsp3) is 0.529. The number of hydrogen-bond donors (Lipinski definition) is 0. The summed E-state index contributed by atoms with van der Waals surface area (Å²) in [5, 5.41) is 0. The maximum Gasteiger partial charge on any atom is 0.119 e. The second kappa shape index (κ2) is 9.03. The van der Waals surface area contributed by atoms with E-state index in [2.05, 4.69) is 39.0 Å². The molecule has 0 amide bonds. The second-order valence-corrected chi connectivity index (χ2v) is 5.40. The van der Waals surface area contributed by atoms with Crippen LogP contribution in [0.25, 0.3) is 6.08 Å². The Morgan fingerprint density at radius 1 is 1.21 bits per heavy atom. The van der Waals surface area contributed by atoms with Crippen LogP contribution in [0.2, 0.25) is 0 Å². The standard InChI is InChI=1S/C17H25ClO/c1-4-5-6-11-19-17-9-7-15(8-10-17)12-16(13-18)14(2)3/h7-10,12,14H,4-6,11,13H2,1-3H3. The van der Waals surface area contributed by atoms with Crippen molar-refractivity contribution in [1.29, 1.82) is 0 Å². The van der Waals surface area contributed by atoms with E-state index in [9.17, 15) is 0 Å². The summed E-state index contributed by atoms with van der Waals surface area (Å²) >= 11 is 5.95. The lowest BCUT2D eigenvalue weighted by molar-refractivity contribution is 0.306. The molecule has 0 heterocycles. The van der Waals surface area contributed by atoms with Crippen molar-refractivity contribution in [1.82, 2.24) is 0 Å². The Bertz CT molecular complexity index is 379. The van der Waals surface area contributed by atoms with Crippen LogP contribution in [0.3, 0.4) is 0 Å². The van der Waals surface area contributed by atoms with Crippen molar-refractivity contribution < 1.29 is 4.74 Å². The fourth-order valence-corrected chi connectivity index (χ4v) is 2.16. The third-order valence-electron chi connectivity index (χ3n) is 3.14. The molecule has 1 nitrogen and oxygen atoms in total. The minimum Gasteiger partial charge on any atom is -0.494 e. The normalized spacial score (nSPS) is 11.9. The Hall–Kier alpha value is -0.950. The number of rotatable bonds is 8. The molecule has 0 aliphatic rings. The molecule has 0 spiro atoms. The highest BCUT2D eigenvalue weighted by Gasteiger charge is 2.02. The van der Waals surface area contributed by atoms with Crippen LogP contribution in [-0.4, -0.2) is 12.5 Å². The van der Waals surface area contributed by atoms with Crippen LogP contribution in [0, 0.1) is 5.92 Å². The van der Waals surface area contributed by atoms with Gasteiger partial charge in [0, 0.05) is 5.88 Å². The summed E-state index contributed by atoms with van der Waals surface area (Å²) in [6, 6.07) is 8.24. The zero-order valence-electron chi connectivity index (χ0n) is 12.3. The van der Waals surface area contributed by atoms with Gasteiger partial charge in [-0.05, 0) is 30.0 Å². The SMILES string of the molecule is CCCCCOc1ccc(C=C(CCl)C(C)C)cc1. The highest BCUT2D eigenvalue weighted by atomic mass is 35.5. The lowest BCUT2D eigenvalue weighted by Gasteiger charge is -2.09. The van der Waals surface area contributed by atoms with Crippen LogP contribution in [0.15, 0.2) is 29.8 Å². The van der Waals surface area contributed by atoms with Crippen LogP contribution in [0.5, 0.6) is 5.75 Å². The highest BCUT2D eigenvalue weighted by Crippen LogP contribution is 2.19. The predicted molar refractivity (Wildman–Crippen MR) is 85.0 cm³/mol. The van der Waals surface area contributed by atoms with Crippen molar-refractivity contribution in [3.63, 3.8) is 0 Å². The van der Waals surface area contributed by atoms with Gasteiger partial charge < -0.3 is 4.74 Å². The van der Waals surface area contributed by atoms with Crippen molar-refractivity contribution >= 4 is 17.7 Å². The van der Waals surface area contributed by atoms with E-state index in [-0.39, 0.29) is 0 Å². The number of benzene rings is 1. The maximum atomic E-state index is 5.95. The van der Waals surface area contributed by atoms with Gasteiger partial charge in [-0.15, -0.1) is 11.6 Å². The van der Waals surface area contributed by atoms with Crippen molar-refractivity contribution in [2.24, 2.45) is 5.92 Å². The van der Waals surface area contributed by atoms with Gasteiger partial charge in [0.2, 0.25) is 0 Å². The molecule has 19 heavy (non-hydrogen) atoms. The lowest BCUT2D eigenvalue weighted by atomic mass is 10.0. The monoisotopic (exact) mass is 280 g/mol. The summed E-state index contributed by atoms with van der Waals surface area (Å²) < 4.78 is 5.70. The maximum absolute atomic E-state index is 5.95. The van der Waals surface area contributed by atoms with Gasteiger partial charge >= 0.3 is 0 Å². The minimum atomic E-state index is 0.488. The lowest BCUT2D eigenvalue weighted by Crippen LogP contribution is -1.97. The summed E-state index contributed by atoms with van der Waals surface area (Å²) in [5.41, 5.74) is 2.45. The molecule has 106 valence electrons. The first-order chi connectivity index (χ1) is 9.17. The third kappa shape index (κ3) is 6.15. The van der Waals surface area contributed by atoms with Crippen LogP contribution >= 0.6 is 11.6 Å². The molecular weight excluding hydrogens is 256 g/mol. The van der Waals surface area contributed by atoms with E-state index in [4.69, 9.17) is 16.3 Å². The molecule has 2 heteroatoms. The molecule has 0 aliphatic carbocycles. The molecule has 1 rings (SSSR count). The number of ether oxygens (including phenoxy) is 1. The third-order valence-corrected chi connectivity index (χ3v) is 3.45. The molecule has 1 aromatic carbocycles. The van der Waals surface area contributed by atoms with E-state index in [1.54, 1.807) is 0 Å². The van der Waals surface area contributed by atoms with Crippen LogP contribution < -0.4 is 4.74 Å². The molecule has 1 aromatic rings. The molecule has 0 fully saturated rings. The topological polar surface area (TPSA) is 9.23 Å². The average Bonchev–Trinajstić information content (AvgIpc) is 2.42.